The van der Waals surface area contributed by atoms with Crippen molar-refractivity contribution in [3.8, 4) is 5.75 Å². The van der Waals surface area contributed by atoms with Crippen LogP contribution in [0.4, 0.5) is 5.69 Å². The van der Waals surface area contributed by atoms with Gasteiger partial charge in [-0.15, -0.1) is 23.1 Å². The van der Waals surface area contributed by atoms with Crippen LogP contribution >= 0.6 is 23.1 Å². The highest BCUT2D eigenvalue weighted by atomic mass is 32.2. The second-order valence-corrected chi connectivity index (χ2v) is 8.38. The first-order valence-electron chi connectivity index (χ1n) is 8.51. The minimum atomic E-state index is 0.408. The number of para-hydroxylation sites is 2. The Bertz CT molecular complexity index is 831. The normalized spacial score (nSPS) is 17.0. The molecule has 2 heterocycles. The summed E-state index contributed by atoms with van der Waals surface area (Å²) in [5, 5.41) is 2.57. The van der Waals surface area contributed by atoms with E-state index in [9.17, 15) is 0 Å². The second kappa shape index (κ2) is 7.54. The van der Waals surface area contributed by atoms with Gasteiger partial charge < -0.3 is 9.64 Å². The van der Waals surface area contributed by atoms with Crippen LogP contribution in [0.2, 0.25) is 0 Å². The monoisotopic (exact) mass is 367 g/mol. The van der Waals surface area contributed by atoms with Gasteiger partial charge in [-0.05, 0) is 36.1 Å². The molecule has 1 unspecified atom stereocenters. The summed E-state index contributed by atoms with van der Waals surface area (Å²) in [6.07, 6.45) is 1.10. The Morgan fingerprint density at radius 3 is 2.72 bits per heavy atom. The molecule has 4 heteroatoms. The quantitative estimate of drug-likeness (QED) is 0.561. The Morgan fingerprint density at radius 2 is 1.88 bits per heavy atom. The summed E-state index contributed by atoms with van der Waals surface area (Å²) in [5.41, 5.74) is 2.64. The number of hydrogen-bond donors (Lipinski definition) is 0. The fourth-order valence-corrected chi connectivity index (χ4v) is 5.38. The number of nitrogens with zero attached hydrogens (tertiary/aromatic N) is 1. The van der Waals surface area contributed by atoms with Crippen LogP contribution in [0, 0.1) is 0 Å². The minimum absolute atomic E-state index is 0.408. The second-order valence-electron chi connectivity index (χ2n) is 6.11. The van der Waals surface area contributed by atoms with Gasteiger partial charge in [0.15, 0.2) is 0 Å². The van der Waals surface area contributed by atoms with Crippen molar-refractivity contribution in [2.75, 3.05) is 18.6 Å². The largest absolute Gasteiger partial charge is 0.496 e. The van der Waals surface area contributed by atoms with Gasteiger partial charge in [-0.3, -0.25) is 0 Å². The van der Waals surface area contributed by atoms with Crippen LogP contribution in [-0.4, -0.2) is 13.7 Å². The average Bonchev–Trinajstić information content (AvgIpc) is 3.10. The van der Waals surface area contributed by atoms with Gasteiger partial charge in [0.25, 0.3) is 0 Å². The molecule has 0 amide bonds. The molecule has 4 rings (SSSR count). The third-order valence-electron chi connectivity index (χ3n) is 4.55. The molecule has 0 spiro atoms. The van der Waals surface area contributed by atoms with E-state index in [1.807, 2.05) is 29.2 Å². The van der Waals surface area contributed by atoms with Crippen LogP contribution in [0.15, 0.2) is 70.9 Å². The minimum Gasteiger partial charge on any atom is -0.496 e. The van der Waals surface area contributed by atoms with Crippen molar-refractivity contribution in [2.24, 2.45) is 0 Å². The van der Waals surface area contributed by atoms with Crippen LogP contribution in [0.25, 0.3) is 0 Å². The van der Waals surface area contributed by atoms with E-state index in [2.05, 4.69) is 64.9 Å². The molecule has 3 aromatic rings. The number of anilines is 1. The molecule has 128 valence electrons. The number of benzene rings is 2. The van der Waals surface area contributed by atoms with E-state index in [4.69, 9.17) is 4.74 Å². The van der Waals surface area contributed by atoms with E-state index in [1.54, 1.807) is 7.11 Å². The molecule has 0 saturated heterocycles. The van der Waals surface area contributed by atoms with Crippen LogP contribution < -0.4 is 9.64 Å². The fourth-order valence-electron chi connectivity index (χ4n) is 3.33. The zero-order valence-electron chi connectivity index (χ0n) is 14.2. The molecule has 0 fully saturated rings. The number of hydrogen-bond acceptors (Lipinski definition) is 4. The molecule has 0 radical (unpaired) electrons. The van der Waals surface area contributed by atoms with Crippen molar-refractivity contribution in [1.82, 2.24) is 0 Å². The summed E-state index contributed by atoms with van der Waals surface area (Å²) in [7, 11) is 1.76. The molecule has 25 heavy (non-hydrogen) atoms. The molecular formula is C21H21NOS2. The number of ether oxygens (including phenoxy) is 1. The lowest BCUT2D eigenvalue weighted by molar-refractivity contribution is 0.409. The van der Waals surface area contributed by atoms with Gasteiger partial charge in [0, 0.05) is 27.1 Å². The summed E-state index contributed by atoms with van der Waals surface area (Å²) in [4.78, 5) is 5.28. The molecular weight excluding hydrogens is 346 g/mol. The maximum absolute atomic E-state index is 5.61. The van der Waals surface area contributed by atoms with Gasteiger partial charge in [0.1, 0.15) is 5.75 Å². The standard InChI is InChI=1S/C21H21NOS2/c1-23-19-10-4-2-8-17(19)20-12-13-22(15-16-7-6-14-24-16)18-9-3-5-11-21(18)25-20/h2-11,14,20H,12-13,15H2,1H3. The van der Waals surface area contributed by atoms with Crippen LogP contribution in [0.5, 0.6) is 5.75 Å². The van der Waals surface area contributed by atoms with Gasteiger partial charge in [-0.2, -0.15) is 0 Å². The maximum Gasteiger partial charge on any atom is 0.123 e. The predicted octanol–water partition coefficient (Wildman–Crippen LogP) is 6.00. The molecule has 0 bridgehead atoms. The van der Waals surface area contributed by atoms with E-state index in [0.717, 1.165) is 25.3 Å². The third kappa shape index (κ3) is 3.55. The molecule has 0 N–H and O–H groups in total. The molecule has 2 aromatic carbocycles. The highest BCUT2D eigenvalue weighted by Gasteiger charge is 2.25. The lowest BCUT2D eigenvalue weighted by Crippen LogP contribution is -2.23. The van der Waals surface area contributed by atoms with Crippen LogP contribution in [0.3, 0.4) is 0 Å². The zero-order valence-corrected chi connectivity index (χ0v) is 15.9. The molecule has 2 nitrogen and oxygen atoms in total. The van der Waals surface area contributed by atoms with Crippen molar-refractivity contribution in [2.45, 2.75) is 23.1 Å². The van der Waals surface area contributed by atoms with E-state index >= 15 is 0 Å². The first-order valence-corrected chi connectivity index (χ1v) is 10.3. The first-order chi connectivity index (χ1) is 12.3. The zero-order chi connectivity index (χ0) is 17.1. The van der Waals surface area contributed by atoms with Gasteiger partial charge >= 0.3 is 0 Å². The van der Waals surface area contributed by atoms with E-state index in [0.29, 0.717) is 5.25 Å². The van der Waals surface area contributed by atoms with E-state index in [1.165, 1.54) is 21.0 Å². The maximum atomic E-state index is 5.61. The molecule has 0 aliphatic carbocycles. The first kappa shape index (κ1) is 16.6. The smallest absolute Gasteiger partial charge is 0.123 e. The Labute approximate surface area is 157 Å². The highest BCUT2D eigenvalue weighted by Crippen LogP contribution is 2.47. The Balaban J connectivity index is 1.66. The SMILES string of the molecule is COc1ccccc1C1CCN(Cc2cccs2)c2ccccc2S1. The molecule has 1 aromatic heterocycles. The summed E-state index contributed by atoms with van der Waals surface area (Å²) in [6.45, 7) is 2.03. The number of thiophene rings is 1. The van der Waals surface area contributed by atoms with Gasteiger partial charge in [0.2, 0.25) is 0 Å². The van der Waals surface area contributed by atoms with Crippen LogP contribution in [-0.2, 0) is 6.54 Å². The fraction of sp³-hybridized carbons (Fsp3) is 0.238. The predicted molar refractivity (Wildman–Crippen MR) is 108 cm³/mol. The Hall–Kier alpha value is -1.91. The lowest BCUT2D eigenvalue weighted by atomic mass is 10.1. The summed E-state index contributed by atoms with van der Waals surface area (Å²) >= 11 is 3.79. The summed E-state index contributed by atoms with van der Waals surface area (Å²) in [5.74, 6) is 0.990. The van der Waals surface area contributed by atoms with Crippen molar-refractivity contribution in [3.63, 3.8) is 0 Å². The number of rotatable bonds is 4. The molecule has 1 atom stereocenters. The summed E-state index contributed by atoms with van der Waals surface area (Å²) in [6, 6.07) is 21.6. The summed E-state index contributed by atoms with van der Waals surface area (Å²) < 4.78 is 5.61. The van der Waals surface area contributed by atoms with Gasteiger partial charge in [0.05, 0.1) is 19.3 Å². The van der Waals surface area contributed by atoms with E-state index in [-0.39, 0.29) is 0 Å². The van der Waals surface area contributed by atoms with Crippen molar-refractivity contribution in [1.29, 1.82) is 0 Å². The van der Waals surface area contributed by atoms with Crippen molar-refractivity contribution < 1.29 is 4.74 Å². The Morgan fingerprint density at radius 1 is 1.04 bits per heavy atom. The molecule has 1 aliphatic rings. The number of thioether (sulfide) groups is 1. The molecule has 0 saturated carbocycles. The number of fused-ring (bicyclic) bond motifs is 1. The average molecular weight is 368 g/mol. The topological polar surface area (TPSA) is 12.5 Å². The number of methoxy groups -OCH3 is 1. The van der Waals surface area contributed by atoms with Gasteiger partial charge in [-0.1, -0.05) is 36.4 Å². The lowest BCUT2D eigenvalue weighted by Gasteiger charge is -2.24. The van der Waals surface area contributed by atoms with E-state index < -0.39 is 0 Å². The van der Waals surface area contributed by atoms with Gasteiger partial charge in [-0.25, -0.2) is 0 Å². The molecule has 1 aliphatic heterocycles. The van der Waals surface area contributed by atoms with Crippen LogP contribution in [0.1, 0.15) is 22.1 Å². The highest BCUT2D eigenvalue weighted by molar-refractivity contribution is 7.99. The Kier molecular flexibility index (Phi) is 4.99. The third-order valence-corrected chi connectivity index (χ3v) is 6.78. The van der Waals surface area contributed by atoms with Crippen molar-refractivity contribution in [3.05, 3.63) is 76.5 Å². The van der Waals surface area contributed by atoms with Crippen molar-refractivity contribution >= 4 is 28.8 Å².